The van der Waals surface area contributed by atoms with Crippen LogP contribution in [0.15, 0.2) is 24.3 Å². The number of hydrogen-bond acceptors (Lipinski definition) is 2. The van der Waals surface area contributed by atoms with Crippen LogP contribution in [0.25, 0.3) is 0 Å². The van der Waals surface area contributed by atoms with Crippen molar-refractivity contribution in [3.05, 3.63) is 35.6 Å². The summed E-state index contributed by atoms with van der Waals surface area (Å²) in [6.45, 7) is 5.07. The number of hydrogen-bond donors (Lipinski definition) is 1. The van der Waals surface area contributed by atoms with E-state index in [1.165, 1.54) is 18.6 Å². The largest absolute Gasteiger partial charge is 0.355 e. The zero-order chi connectivity index (χ0) is 14.4. The van der Waals surface area contributed by atoms with Crippen molar-refractivity contribution < 1.29 is 9.18 Å². The summed E-state index contributed by atoms with van der Waals surface area (Å²) in [6, 6.07) is 6.93. The molecule has 1 aromatic carbocycles. The van der Waals surface area contributed by atoms with Gasteiger partial charge < -0.3 is 5.32 Å². The second-order valence-electron chi connectivity index (χ2n) is 5.36. The standard InChI is InChI=1S/C16H23FN2O/c1-2-19-10-4-7-15(19)12-18-16(20)9-8-13-5-3-6-14(17)11-13/h3,5-6,11,15H,2,4,7-10,12H2,1H3,(H,18,20)/t15-/m0/s1. The first kappa shape index (κ1) is 15.0. The number of likely N-dealkylation sites (N-methyl/N-ethyl adjacent to an activating group) is 1. The second-order valence-corrected chi connectivity index (χ2v) is 5.36. The smallest absolute Gasteiger partial charge is 0.220 e. The molecule has 3 nitrogen and oxygen atoms in total. The molecule has 0 spiro atoms. The number of nitrogens with one attached hydrogen (secondary N) is 1. The molecule has 1 heterocycles. The van der Waals surface area contributed by atoms with Crippen LogP contribution in [0.3, 0.4) is 0 Å². The zero-order valence-electron chi connectivity index (χ0n) is 12.1. The highest BCUT2D eigenvalue weighted by Crippen LogP contribution is 2.15. The average molecular weight is 278 g/mol. The lowest BCUT2D eigenvalue weighted by Crippen LogP contribution is -2.40. The number of carbonyl (C=O) groups is 1. The van der Waals surface area contributed by atoms with Gasteiger partial charge in [-0.1, -0.05) is 19.1 Å². The van der Waals surface area contributed by atoms with Crippen molar-refractivity contribution in [3.63, 3.8) is 0 Å². The number of amides is 1. The van der Waals surface area contributed by atoms with Crippen molar-refractivity contribution in [1.82, 2.24) is 10.2 Å². The van der Waals surface area contributed by atoms with E-state index in [1.54, 1.807) is 6.07 Å². The molecule has 0 bridgehead atoms. The molecule has 1 fully saturated rings. The van der Waals surface area contributed by atoms with Crippen LogP contribution in [-0.2, 0) is 11.2 Å². The molecule has 1 atom stereocenters. The van der Waals surface area contributed by atoms with E-state index in [9.17, 15) is 9.18 Å². The monoisotopic (exact) mass is 278 g/mol. The molecule has 0 aliphatic carbocycles. The van der Waals surface area contributed by atoms with Crippen LogP contribution in [0.4, 0.5) is 4.39 Å². The van der Waals surface area contributed by atoms with Crippen LogP contribution < -0.4 is 5.32 Å². The first-order valence-electron chi connectivity index (χ1n) is 7.44. The maximum Gasteiger partial charge on any atom is 0.220 e. The number of likely N-dealkylation sites (tertiary alicyclic amines) is 1. The number of carbonyl (C=O) groups excluding carboxylic acids is 1. The van der Waals surface area contributed by atoms with Gasteiger partial charge in [-0.2, -0.15) is 0 Å². The second kappa shape index (κ2) is 7.39. The van der Waals surface area contributed by atoms with Crippen LogP contribution in [0.5, 0.6) is 0 Å². The Bertz CT molecular complexity index is 450. The third-order valence-corrected chi connectivity index (χ3v) is 3.97. The summed E-state index contributed by atoms with van der Waals surface area (Å²) in [5.41, 5.74) is 0.871. The lowest BCUT2D eigenvalue weighted by molar-refractivity contribution is -0.121. The summed E-state index contributed by atoms with van der Waals surface area (Å²) >= 11 is 0. The van der Waals surface area contributed by atoms with E-state index in [0.717, 1.165) is 31.6 Å². The Hall–Kier alpha value is -1.42. The first-order valence-corrected chi connectivity index (χ1v) is 7.44. The topological polar surface area (TPSA) is 32.3 Å². The Kier molecular flexibility index (Phi) is 5.53. The van der Waals surface area contributed by atoms with Gasteiger partial charge in [0.2, 0.25) is 5.91 Å². The highest BCUT2D eigenvalue weighted by atomic mass is 19.1. The van der Waals surface area contributed by atoms with Gasteiger partial charge in [-0.05, 0) is 50.0 Å². The van der Waals surface area contributed by atoms with Gasteiger partial charge in [0.1, 0.15) is 5.82 Å². The van der Waals surface area contributed by atoms with Crippen molar-refractivity contribution in [2.45, 2.75) is 38.6 Å². The minimum Gasteiger partial charge on any atom is -0.355 e. The Labute approximate surface area is 120 Å². The van der Waals surface area contributed by atoms with E-state index in [2.05, 4.69) is 17.1 Å². The maximum atomic E-state index is 13.0. The van der Waals surface area contributed by atoms with Gasteiger partial charge in [0.15, 0.2) is 0 Å². The number of halogens is 1. The third-order valence-electron chi connectivity index (χ3n) is 3.97. The number of nitrogens with zero attached hydrogens (tertiary/aromatic N) is 1. The SMILES string of the molecule is CCN1CCC[C@H]1CNC(=O)CCc1cccc(F)c1. The third kappa shape index (κ3) is 4.30. The molecule has 2 rings (SSSR count). The van der Waals surface area contributed by atoms with Gasteiger partial charge in [0.25, 0.3) is 0 Å². The first-order chi connectivity index (χ1) is 9.69. The molecule has 1 saturated heterocycles. The molecular formula is C16H23FN2O. The van der Waals surface area contributed by atoms with Crippen LogP contribution in [-0.4, -0.2) is 36.5 Å². The molecule has 0 saturated carbocycles. The van der Waals surface area contributed by atoms with Crippen molar-refractivity contribution >= 4 is 5.91 Å². The normalized spacial score (nSPS) is 19.2. The molecular weight excluding hydrogens is 255 g/mol. The number of benzene rings is 1. The minimum absolute atomic E-state index is 0.0530. The number of rotatable bonds is 6. The van der Waals surface area contributed by atoms with Crippen molar-refractivity contribution in [2.75, 3.05) is 19.6 Å². The molecule has 1 aliphatic rings. The lowest BCUT2D eigenvalue weighted by atomic mass is 10.1. The Balaban J connectivity index is 1.70. The van der Waals surface area contributed by atoms with Gasteiger partial charge >= 0.3 is 0 Å². The predicted octanol–water partition coefficient (Wildman–Crippen LogP) is 2.36. The molecule has 1 aliphatic heterocycles. The van der Waals surface area contributed by atoms with Crippen LogP contribution in [0, 0.1) is 5.82 Å². The van der Waals surface area contributed by atoms with Gasteiger partial charge in [-0.15, -0.1) is 0 Å². The summed E-state index contributed by atoms with van der Waals surface area (Å²) in [5, 5.41) is 3.00. The summed E-state index contributed by atoms with van der Waals surface area (Å²) in [4.78, 5) is 14.2. The summed E-state index contributed by atoms with van der Waals surface area (Å²) in [5.74, 6) is -0.190. The summed E-state index contributed by atoms with van der Waals surface area (Å²) < 4.78 is 13.0. The highest BCUT2D eigenvalue weighted by molar-refractivity contribution is 5.76. The van der Waals surface area contributed by atoms with E-state index in [4.69, 9.17) is 0 Å². The Morgan fingerprint density at radius 2 is 2.35 bits per heavy atom. The van der Waals surface area contributed by atoms with Gasteiger partial charge in [0.05, 0.1) is 0 Å². The molecule has 1 aromatic rings. The Morgan fingerprint density at radius 3 is 3.10 bits per heavy atom. The predicted molar refractivity (Wildman–Crippen MR) is 78.0 cm³/mol. The van der Waals surface area contributed by atoms with Crippen LogP contribution >= 0.6 is 0 Å². The van der Waals surface area contributed by atoms with Gasteiger partial charge in [-0.25, -0.2) is 4.39 Å². The fourth-order valence-corrected chi connectivity index (χ4v) is 2.81. The van der Waals surface area contributed by atoms with E-state index in [-0.39, 0.29) is 11.7 Å². The minimum atomic E-state index is -0.243. The van der Waals surface area contributed by atoms with E-state index >= 15 is 0 Å². The van der Waals surface area contributed by atoms with Crippen LogP contribution in [0.2, 0.25) is 0 Å². The fraction of sp³-hybridized carbons (Fsp3) is 0.562. The van der Waals surface area contributed by atoms with E-state index in [1.807, 2.05) is 6.07 Å². The van der Waals surface area contributed by atoms with Crippen LogP contribution in [0.1, 0.15) is 31.7 Å². The van der Waals surface area contributed by atoms with Gasteiger partial charge in [-0.3, -0.25) is 9.69 Å². The lowest BCUT2D eigenvalue weighted by Gasteiger charge is -2.22. The summed E-state index contributed by atoms with van der Waals surface area (Å²) in [6.07, 6.45) is 3.39. The van der Waals surface area contributed by atoms with Gasteiger partial charge in [0, 0.05) is 19.0 Å². The number of aryl methyl sites for hydroxylation is 1. The summed E-state index contributed by atoms with van der Waals surface area (Å²) in [7, 11) is 0. The van der Waals surface area contributed by atoms with Crippen molar-refractivity contribution in [2.24, 2.45) is 0 Å². The van der Waals surface area contributed by atoms with E-state index in [0.29, 0.717) is 18.9 Å². The molecule has 20 heavy (non-hydrogen) atoms. The molecule has 0 radical (unpaired) electrons. The molecule has 0 aromatic heterocycles. The molecule has 4 heteroatoms. The van der Waals surface area contributed by atoms with Crippen molar-refractivity contribution in [1.29, 1.82) is 0 Å². The molecule has 110 valence electrons. The Morgan fingerprint density at radius 1 is 1.50 bits per heavy atom. The molecule has 1 amide bonds. The maximum absolute atomic E-state index is 13.0. The average Bonchev–Trinajstić information content (AvgIpc) is 2.90. The van der Waals surface area contributed by atoms with E-state index < -0.39 is 0 Å². The highest BCUT2D eigenvalue weighted by Gasteiger charge is 2.22. The quantitative estimate of drug-likeness (QED) is 0.866. The zero-order valence-corrected chi connectivity index (χ0v) is 12.1. The van der Waals surface area contributed by atoms with Crippen molar-refractivity contribution in [3.8, 4) is 0 Å². The molecule has 0 unspecified atom stereocenters. The fourth-order valence-electron chi connectivity index (χ4n) is 2.81. The molecule has 1 N–H and O–H groups in total.